The number of carbonyl (C=O) groups is 1. The molecule has 4 heterocycles. The van der Waals surface area contributed by atoms with Crippen molar-refractivity contribution >= 4 is 22.9 Å². The summed E-state index contributed by atoms with van der Waals surface area (Å²) in [5.74, 6) is -0.996. The van der Waals surface area contributed by atoms with Crippen LogP contribution in [0.5, 0.6) is 0 Å². The van der Waals surface area contributed by atoms with Crippen LogP contribution in [0.15, 0.2) is 42.2 Å². The van der Waals surface area contributed by atoms with Crippen LogP contribution >= 0.6 is 11.3 Å². The van der Waals surface area contributed by atoms with Crippen molar-refractivity contribution in [2.75, 3.05) is 11.9 Å². The van der Waals surface area contributed by atoms with E-state index in [0.29, 0.717) is 28.7 Å². The lowest BCUT2D eigenvalue weighted by Crippen LogP contribution is -2.33. The number of amides is 1. The molecule has 0 spiro atoms. The van der Waals surface area contributed by atoms with Gasteiger partial charge in [0, 0.05) is 24.4 Å². The number of H-pyrrole nitrogens is 1. The molecule has 11 heteroatoms. The Balaban J connectivity index is 1.39. The first kappa shape index (κ1) is 20.5. The summed E-state index contributed by atoms with van der Waals surface area (Å²) < 4.78 is 21.3. The number of carbonyl (C=O) groups excluding carboxylic acids is 1. The van der Waals surface area contributed by atoms with E-state index in [2.05, 4.69) is 25.5 Å². The van der Waals surface area contributed by atoms with E-state index in [-0.39, 0.29) is 23.4 Å². The van der Waals surface area contributed by atoms with Gasteiger partial charge in [-0.25, -0.2) is 4.98 Å². The quantitative estimate of drug-likeness (QED) is 0.439. The maximum Gasteiger partial charge on any atom is 0.275 e. The number of rotatable bonds is 7. The number of ether oxygens (including phenoxy) is 1. The van der Waals surface area contributed by atoms with Crippen molar-refractivity contribution in [1.82, 2.24) is 29.9 Å². The normalized spacial score (nSPS) is 17.8. The molecule has 4 aromatic heterocycles. The number of pyridine rings is 1. The van der Waals surface area contributed by atoms with Crippen molar-refractivity contribution in [1.29, 1.82) is 0 Å². The molecule has 4 aromatic rings. The van der Waals surface area contributed by atoms with Crippen LogP contribution in [0.4, 0.5) is 10.1 Å². The number of aromatic amines is 1. The Kier molecular flexibility index (Phi) is 5.50. The summed E-state index contributed by atoms with van der Waals surface area (Å²) in [6.07, 6.45) is 6.82. The van der Waals surface area contributed by atoms with Crippen LogP contribution in [0, 0.1) is 5.95 Å². The van der Waals surface area contributed by atoms with E-state index in [0.717, 1.165) is 12.8 Å². The molecular weight excluding hydrogens is 433 g/mol. The molecule has 0 saturated heterocycles. The maximum atomic E-state index is 13.7. The van der Waals surface area contributed by atoms with Crippen molar-refractivity contribution < 1.29 is 13.9 Å². The Labute approximate surface area is 186 Å². The second kappa shape index (κ2) is 8.60. The predicted molar refractivity (Wildman–Crippen MR) is 117 cm³/mol. The number of aromatic nitrogens is 6. The Morgan fingerprint density at radius 1 is 1.41 bits per heavy atom. The van der Waals surface area contributed by atoms with Crippen LogP contribution in [-0.2, 0) is 4.74 Å². The van der Waals surface area contributed by atoms with Gasteiger partial charge in [0.1, 0.15) is 16.4 Å². The van der Waals surface area contributed by atoms with Gasteiger partial charge in [0.25, 0.3) is 5.91 Å². The molecule has 0 radical (unpaired) electrons. The summed E-state index contributed by atoms with van der Waals surface area (Å²) in [4.78, 5) is 21.5. The van der Waals surface area contributed by atoms with Crippen LogP contribution in [0.2, 0.25) is 0 Å². The highest BCUT2D eigenvalue weighted by molar-refractivity contribution is 7.13. The molecule has 1 fully saturated rings. The Hall–Kier alpha value is -3.44. The van der Waals surface area contributed by atoms with Crippen molar-refractivity contribution in [3.63, 3.8) is 0 Å². The van der Waals surface area contributed by atoms with Gasteiger partial charge in [-0.2, -0.15) is 14.6 Å². The summed E-state index contributed by atoms with van der Waals surface area (Å²) >= 11 is 1.17. The molecule has 0 aliphatic heterocycles. The van der Waals surface area contributed by atoms with Crippen molar-refractivity contribution in [2.45, 2.75) is 31.9 Å². The van der Waals surface area contributed by atoms with Crippen molar-refractivity contribution in [2.24, 2.45) is 0 Å². The van der Waals surface area contributed by atoms with Crippen LogP contribution in [0.3, 0.4) is 0 Å². The molecular formula is C21H20FN7O2S. The standard InChI is InChI=1S/C21H20FN7O2S/c1-2-31-13-7-12(8-13)29-10-16(18(28-29)15-5-3-4-6-23-15)25-20(30)17-11-32-21(26-17)14-9-24-27-19(14)22/h3-6,9-13H,2,7-8H2,1H3,(H,24,27)(H,25,30)/t12-,13+. The minimum atomic E-state index is -0.587. The zero-order valence-electron chi connectivity index (χ0n) is 17.2. The fraction of sp³-hybridized carbons (Fsp3) is 0.286. The molecule has 1 aliphatic carbocycles. The number of thiazole rings is 1. The van der Waals surface area contributed by atoms with Gasteiger partial charge in [0.15, 0.2) is 0 Å². The van der Waals surface area contributed by atoms with E-state index in [1.807, 2.05) is 36.0 Å². The number of hydrogen-bond acceptors (Lipinski definition) is 7. The molecule has 0 aromatic carbocycles. The molecule has 0 atom stereocenters. The zero-order valence-corrected chi connectivity index (χ0v) is 18.0. The third kappa shape index (κ3) is 3.92. The zero-order chi connectivity index (χ0) is 22.1. The van der Waals surface area contributed by atoms with E-state index in [1.54, 1.807) is 11.6 Å². The molecule has 164 valence electrons. The van der Waals surface area contributed by atoms with Gasteiger partial charge in [-0.15, -0.1) is 11.3 Å². The minimum Gasteiger partial charge on any atom is -0.378 e. The molecule has 1 saturated carbocycles. The summed E-state index contributed by atoms with van der Waals surface area (Å²) in [7, 11) is 0. The van der Waals surface area contributed by atoms with Crippen molar-refractivity contribution in [3.05, 3.63) is 53.8 Å². The highest BCUT2D eigenvalue weighted by Gasteiger charge is 2.32. The first-order valence-electron chi connectivity index (χ1n) is 10.2. The number of nitrogens with zero attached hydrogens (tertiary/aromatic N) is 5. The van der Waals surface area contributed by atoms with Gasteiger partial charge in [0.05, 0.1) is 35.3 Å². The van der Waals surface area contributed by atoms with Gasteiger partial charge >= 0.3 is 0 Å². The molecule has 1 aliphatic rings. The topological polar surface area (TPSA) is 111 Å². The van der Waals surface area contributed by atoms with Crippen LogP contribution in [0.1, 0.15) is 36.3 Å². The Morgan fingerprint density at radius 2 is 2.28 bits per heavy atom. The van der Waals surface area contributed by atoms with Gasteiger partial charge in [-0.1, -0.05) is 6.07 Å². The average molecular weight is 454 g/mol. The number of nitrogens with one attached hydrogen (secondary N) is 2. The molecule has 9 nitrogen and oxygen atoms in total. The fourth-order valence-corrected chi connectivity index (χ4v) is 4.40. The maximum absolute atomic E-state index is 13.7. The summed E-state index contributed by atoms with van der Waals surface area (Å²) in [6.45, 7) is 2.67. The van der Waals surface area contributed by atoms with Gasteiger partial charge in [0.2, 0.25) is 5.95 Å². The van der Waals surface area contributed by atoms with Crippen LogP contribution in [0.25, 0.3) is 22.0 Å². The first-order chi connectivity index (χ1) is 15.6. The monoisotopic (exact) mass is 453 g/mol. The highest BCUT2D eigenvalue weighted by Crippen LogP contribution is 2.37. The smallest absolute Gasteiger partial charge is 0.275 e. The van der Waals surface area contributed by atoms with Gasteiger partial charge in [-0.3, -0.25) is 19.6 Å². The summed E-state index contributed by atoms with van der Waals surface area (Å²) in [5, 5.41) is 15.4. The molecule has 2 N–H and O–H groups in total. The first-order valence-corrected chi connectivity index (χ1v) is 11.1. The van der Waals surface area contributed by atoms with E-state index in [1.165, 1.54) is 17.5 Å². The largest absolute Gasteiger partial charge is 0.378 e. The Morgan fingerprint density at radius 3 is 3.00 bits per heavy atom. The second-order valence-electron chi connectivity index (χ2n) is 7.38. The van der Waals surface area contributed by atoms with Crippen LogP contribution < -0.4 is 5.32 Å². The lowest BCUT2D eigenvalue weighted by Gasteiger charge is -2.34. The van der Waals surface area contributed by atoms with Crippen LogP contribution in [-0.4, -0.2) is 48.6 Å². The molecule has 32 heavy (non-hydrogen) atoms. The fourth-order valence-electron chi connectivity index (χ4n) is 3.60. The molecule has 0 bridgehead atoms. The SMILES string of the molecule is CCO[C@H]1C[C@@H](n2cc(NC(=O)c3csc(-c4cn[nH]c4F)n3)c(-c3ccccn3)n2)C1. The predicted octanol–water partition coefficient (Wildman–Crippen LogP) is 3.92. The number of halogens is 1. The van der Waals surface area contributed by atoms with E-state index >= 15 is 0 Å². The molecule has 5 rings (SSSR count). The van der Waals surface area contributed by atoms with Gasteiger partial charge in [-0.05, 0) is 31.9 Å². The van der Waals surface area contributed by atoms with E-state index in [9.17, 15) is 9.18 Å². The third-order valence-electron chi connectivity index (χ3n) is 5.29. The molecule has 0 unspecified atom stereocenters. The Bertz CT molecular complexity index is 1230. The third-order valence-corrected chi connectivity index (χ3v) is 6.17. The minimum absolute atomic E-state index is 0.186. The van der Waals surface area contributed by atoms with E-state index < -0.39 is 11.9 Å². The summed E-state index contributed by atoms with van der Waals surface area (Å²) in [5.41, 5.74) is 2.18. The highest BCUT2D eigenvalue weighted by atomic mass is 32.1. The lowest BCUT2D eigenvalue weighted by atomic mass is 9.89. The summed E-state index contributed by atoms with van der Waals surface area (Å²) in [6, 6.07) is 5.74. The lowest BCUT2D eigenvalue weighted by molar-refractivity contribution is -0.0226. The molecule has 1 amide bonds. The average Bonchev–Trinajstić information content (AvgIpc) is 3.50. The van der Waals surface area contributed by atoms with Gasteiger partial charge < -0.3 is 10.1 Å². The second-order valence-corrected chi connectivity index (χ2v) is 8.24. The van der Waals surface area contributed by atoms with E-state index in [4.69, 9.17) is 9.84 Å². The van der Waals surface area contributed by atoms with Crippen molar-refractivity contribution in [3.8, 4) is 22.0 Å². The number of hydrogen-bond donors (Lipinski definition) is 2. The number of anilines is 1.